The summed E-state index contributed by atoms with van der Waals surface area (Å²) in [6, 6.07) is 8.82. The fourth-order valence-corrected chi connectivity index (χ4v) is 2.25. The van der Waals surface area contributed by atoms with Gasteiger partial charge in [-0.1, -0.05) is 6.07 Å². The number of hydrogen-bond acceptors (Lipinski definition) is 6. The van der Waals surface area contributed by atoms with Gasteiger partial charge in [0.1, 0.15) is 22.9 Å². The Morgan fingerprint density at radius 3 is 2.32 bits per heavy atom. The summed E-state index contributed by atoms with van der Waals surface area (Å²) in [6.45, 7) is 1.71. The minimum atomic E-state index is -0.315. The lowest BCUT2D eigenvalue weighted by atomic mass is 10.1. The Kier molecular flexibility index (Phi) is 6.59. The zero-order valence-corrected chi connectivity index (χ0v) is 15.0. The number of amides is 1. The van der Waals surface area contributed by atoms with Gasteiger partial charge in [0.05, 0.1) is 26.1 Å². The van der Waals surface area contributed by atoms with Crippen LogP contribution in [0.25, 0.3) is 0 Å². The van der Waals surface area contributed by atoms with Crippen LogP contribution in [0, 0.1) is 0 Å². The molecule has 0 radical (unpaired) electrons. The molecule has 0 spiro atoms. The molecule has 1 aromatic heterocycles. The Balaban J connectivity index is 2.06. The van der Waals surface area contributed by atoms with Crippen LogP contribution in [-0.4, -0.2) is 57.2 Å². The SMILES string of the molecule is COc1cccc(OC)c1C(=O)Nc1ccc(NCCN(C)C)nc1. The standard InChI is InChI=1S/C18H24N4O3/c1-22(2)11-10-19-16-9-8-13(12-20-16)21-18(23)17-14(24-3)6-5-7-15(17)25-4/h5-9,12H,10-11H2,1-4H3,(H,19,20)(H,21,23). The topological polar surface area (TPSA) is 75.7 Å². The van der Waals surface area contributed by atoms with Crippen LogP contribution in [-0.2, 0) is 0 Å². The molecule has 0 saturated carbocycles. The van der Waals surface area contributed by atoms with Crippen molar-refractivity contribution in [2.24, 2.45) is 0 Å². The maximum atomic E-state index is 12.6. The van der Waals surface area contributed by atoms with E-state index in [4.69, 9.17) is 9.47 Å². The van der Waals surface area contributed by atoms with E-state index < -0.39 is 0 Å². The van der Waals surface area contributed by atoms with Gasteiger partial charge in [-0.3, -0.25) is 4.79 Å². The van der Waals surface area contributed by atoms with E-state index in [9.17, 15) is 4.79 Å². The van der Waals surface area contributed by atoms with E-state index in [2.05, 4.69) is 20.5 Å². The summed E-state index contributed by atoms with van der Waals surface area (Å²) in [5, 5.41) is 6.03. The van der Waals surface area contributed by atoms with Crippen LogP contribution >= 0.6 is 0 Å². The van der Waals surface area contributed by atoms with Crippen molar-refractivity contribution in [1.29, 1.82) is 0 Å². The third-order valence-corrected chi connectivity index (χ3v) is 3.54. The molecule has 7 heteroatoms. The average Bonchev–Trinajstić information content (AvgIpc) is 2.62. The second kappa shape index (κ2) is 8.89. The van der Waals surface area contributed by atoms with Crippen molar-refractivity contribution in [2.45, 2.75) is 0 Å². The van der Waals surface area contributed by atoms with Crippen LogP contribution in [0.3, 0.4) is 0 Å². The van der Waals surface area contributed by atoms with Crippen molar-refractivity contribution >= 4 is 17.4 Å². The fourth-order valence-electron chi connectivity index (χ4n) is 2.25. The van der Waals surface area contributed by atoms with Crippen LogP contribution in [0.5, 0.6) is 11.5 Å². The second-order valence-electron chi connectivity index (χ2n) is 5.65. The number of carbonyl (C=O) groups excluding carboxylic acids is 1. The molecule has 0 atom stereocenters. The fraction of sp³-hybridized carbons (Fsp3) is 0.333. The number of benzene rings is 1. The van der Waals surface area contributed by atoms with Gasteiger partial charge in [-0.15, -0.1) is 0 Å². The number of ether oxygens (including phenoxy) is 2. The van der Waals surface area contributed by atoms with Gasteiger partial charge in [-0.2, -0.15) is 0 Å². The molecule has 1 amide bonds. The third-order valence-electron chi connectivity index (χ3n) is 3.54. The number of hydrogen-bond donors (Lipinski definition) is 2. The summed E-state index contributed by atoms with van der Waals surface area (Å²) in [5.41, 5.74) is 0.941. The lowest BCUT2D eigenvalue weighted by molar-refractivity contribution is 0.102. The number of likely N-dealkylation sites (N-methyl/N-ethyl adjacent to an activating group) is 1. The van der Waals surface area contributed by atoms with Crippen LogP contribution < -0.4 is 20.1 Å². The van der Waals surface area contributed by atoms with Crippen molar-refractivity contribution in [3.63, 3.8) is 0 Å². The van der Waals surface area contributed by atoms with Gasteiger partial charge in [0.2, 0.25) is 0 Å². The molecular formula is C18H24N4O3. The van der Waals surface area contributed by atoms with E-state index in [1.807, 2.05) is 20.2 Å². The highest BCUT2D eigenvalue weighted by molar-refractivity contribution is 6.08. The highest BCUT2D eigenvalue weighted by atomic mass is 16.5. The highest BCUT2D eigenvalue weighted by Gasteiger charge is 2.18. The first kappa shape index (κ1) is 18.5. The summed E-state index contributed by atoms with van der Waals surface area (Å²) >= 11 is 0. The predicted molar refractivity (Wildman–Crippen MR) is 98.8 cm³/mol. The molecule has 1 heterocycles. The Labute approximate surface area is 148 Å². The van der Waals surface area contributed by atoms with Crippen LogP contribution in [0.15, 0.2) is 36.5 Å². The molecule has 2 aromatic rings. The van der Waals surface area contributed by atoms with Crippen molar-refractivity contribution in [3.8, 4) is 11.5 Å². The molecule has 0 aliphatic heterocycles. The molecule has 25 heavy (non-hydrogen) atoms. The summed E-state index contributed by atoms with van der Waals surface area (Å²) in [6.07, 6.45) is 1.61. The lowest BCUT2D eigenvalue weighted by Crippen LogP contribution is -2.21. The lowest BCUT2D eigenvalue weighted by Gasteiger charge is -2.13. The second-order valence-corrected chi connectivity index (χ2v) is 5.65. The zero-order chi connectivity index (χ0) is 18.2. The Morgan fingerprint density at radius 2 is 1.80 bits per heavy atom. The number of rotatable bonds is 8. The third kappa shape index (κ3) is 5.09. The van der Waals surface area contributed by atoms with E-state index in [1.54, 1.807) is 30.5 Å². The average molecular weight is 344 g/mol. The van der Waals surface area contributed by atoms with Gasteiger partial charge < -0.3 is 25.0 Å². The minimum Gasteiger partial charge on any atom is -0.496 e. The Bertz CT molecular complexity index is 680. The monoisotopic (exact) mass is 344 g/mol. The predicted octanol–water partition coefficient (Wildman–Crippen LogP) is 2.32. The van der Waals surface area contributed by atoms with Gasteiger partial charge in [0, 0.05) is 13.1 Å². The molecule has 0 fully saturated rings. The molecule has 2 rings (SSSR count). The highest BCUT2D eigenvalue weighted by Crippen LogP contribution is 2.29. The van der Waals surface area contributed by atoms with E-state index in [0.717, 1.165) is 18.9 Å². The zero-order valence-electron chi connectivity index (χ0n) is 15.0. The molecule has 0 aliphatic carbocycles. The van der Waals surface area contributed by atoms with Crippen molar-refractivity contribution in [1.82, 2.24) is 9.88 Å². The summed E-state index contributed by atoms with van der Waals surface area (Å²) in [7, 11) is 7.06. The molecule has 2 N–H and O–H groups in total. The number of anilines is 2. The van der Waals surface area contributed by atoms with E-state index in [-0.39, 0.29) is 5.91 Å². The van der Waals surface area contributed by atoms with Crippen LogP contribution in [0.4, 0.5) is 11.5 Å². The van der Waals surface area contributed by atoms with Gasteiger partial charge >= 0.3 is 0 Å². The van der Waals surface area contributed by atoms with Crippen LogP contribution in [0.2, 0.25) is 0 Å². The first-order chi connectivity index (χ1) is 12.0. The van der Waals surface area contributed by atoms with E-state index in [1.165, 1.54) is 14.2 Å². The summed E-state index contributed by atoms with van der Waals surface area (Å²) < 4.78 is 10.5. The number of methoxy groups -OCH3 is 2. The van der Waals surface area contributed by atoms with Crippen molar-refractivity contribution in [3.05, 3.63) is 42.1 Å². The number of nitrogens with one attached hydrogen (secondary N) is 2. The molecule has 0 saturated heterocycles. The molecule has 134 valence electrons. The molecule has 7 nitrogen and oxygen atoms in total. The molecule has 0 bridgehead atoms. The quantitative estimate of drug-likeness (QED) is 0.765. The number of nitrogens with zero attached hydrogens (tertiary/aromatic N) is 2. The largest absolute Gasteiger partial charge is 0.496 e. The van der Waals surface area contributed by atoms with E-state index in [0.29, 0.717) is 22.7 Å². The molecular weight excluding hydrogens is 320 g/mol. The molecule has 0 aliphatic rings. The number of aromatic nitrogens is 1. The van der Waals surface area contributed by atoms with Gasteiger partial charge in [-0.05, 0) is 38.4 Å². The van der Waals surface area contributed by atoms with Gasteiger partial charge in [0.25, 0.3) is 5.91 Å². The number of carbonyl (C=O) groups is 1. The van der Waals surface area contributed by atoms with E-state index >= 15 is 0 Å². The van der Waals surface area contributed by atoms with Gasteiger partial charge in [-0.25, -0.2) is 4.98 Å². The first-order valence-corrected chi connectivity index (χ1v) is 7.92. The Morgan fingerprint density at radius 1 is 1.12 bits per heavy atom. The van der Waals surface area contributed by atoms with Gasteiger partial charge in [0.15, 0.2) is 0 Å². The summed E-state index contributed by atoms with van der Waals surface area (Å²) in [5.74, 6) is 1.35. The summed E-state index contributed by atoms with van der Waals surface area (Å²) in [4.78, 5) is 19.0. The smallest absolute Gasteiger partial charge is 0.263 e. The molecule has 1 aromatic carbocycles. The first-order valence-electron chi connectivity index (χ1n) is 7.92. The van der Waals surface area contributed by atoms with Crippen molar-refractivity contribution in [2.75, 3.05) is 52.0 Å². The number of pyridine rings is 1. The van der Waals surface area contributed by atoms with Crippen molar-refractivity contribution < 1.29 is 14.3 Å². The normalized spacial score (nSPS) is 10.4. The van der Waals surface area contributed by atoms with Crippen LogP contribution in [0.1, 0.15) is 10.4 Å². The minimum absolute atomic E-state index is 0.315. The Hall–Kier alpha value is -2.80. The maximum absolute atomic E-state index is 12.6. The molecule has 0 unspecified atom stereocenters. The maximum Gasteiger partial charge on any atom is 0.263 e.